The van der Waals surface area contributed by atoms with Gasteiger partial charge in [0.2, 0.25) is 0 Å². The zero-order valence-electron chi connectivity index (χ0n) is 33.4. The summed E-state index contributed by atoms with van der Waals surface area (Å²) in [6.07, 6.45) is 4.65. The Morgan fingerprint density at radius 3 is 1.48 bits per heavy atom. The minimum atomic E-state index is -0.826. The molecule has 8 aromatic rings. The number of rotatable bonds is 6. The van der Waals surface area contributed by atoms with E-state index in [1.807, 2.05) is 6.07 Å². The van der Waals surface area contributed by atoms with E-state index < -0.39 is 20.8 Å². The molecule has 0 saturated heterocycles. The minimum absolute atomic E-state index is 0.795. The van der Waals surface area contributed by atoms with E-state index in [-0.39, 0.29) is 0 Å². The summed E-state index contributed by atoms with van der Waals surface area (Å²) in [5.41, 5.74) is 16.8. The molecule has 0 fully saturated rings. The molecule has 0 aliphatic carbocycles. The van der Waals surface area contributed by atoms with Crippen LogP contribution in [0.15, 0.2) is 140 Å². The molecule has 8 aromatic carbocycles. The van der Waals surface area contributed by atoms with Crippen molar-refractivity contribution in [3.05, 3.63) is 179 Å². The van der Waals surface area contributed by atoms with Crippen molar-refractivity contribution < 1.29 is 20.8 Å². The van der Waals surface area contributed by atoms with Crippen LogP contribution in [0.1, 0.15) is 60.1 Å². The van der Waals surface area contributed by atoms with Gasteiger partial charge in [-0.25, -0.2) is 0 Å². The van der Waals surface area contributed by atoms with Crippen molar-refractivity contribution in [3.63, 3.8) is 0 Å². The summed E-state index contributed by atoms with van der Waals surface area (Å²) < 4.78 is 0. The van der Waals surface area contributed by atoms with Crippen LogP contribution in [0.25, 0.3) is 54.9 Å². The summed E-state index contributed by atoms with van der Waals surface area (Å²) in [4.78, 5) is 0. The third kappa shape index (κ3) is 9.66. The largest absolute Gasteiger partial charge is 0.184 e. The number of halogens is 2. The predicted molar refractivity (Wildman–Crippen MR) is 244 cm³/mol. The van der Waals surface area contributed by atoms with E-state index in [0.29, 0.717) is 0 Å². The molecule has 0 bridgehead atoms. The summed E-state index contributed by atoms with van der Waals surface area (Å²) in [6, 6.07) is 54.0. The van der Waals surface area contributed by atoms with Gasteiger partial charge in [0.05, 0.1) is 9.52 Å². The molecule has 0 aromatic heterocycles. The molecule has 4 heteroatoms. The molecule has 0 saturated carbocycles. The molecule has 282 valence electrons. The first-order valence-electron chi connectivity index (χ1n) is 19.6. The van der Waals surface area contributed by atoms with Crippen molar-refractivity contribution in [2.24, 2.45) is 0 Å². The quantitative estimate of drug-likeness (QED) is 0.115. The van der Waals surface area contributed by atoms with Crippen LogP contribution >= 0.6 is 17.0 Å². The maximum absolute atomic E-state index is 4.93. The first kappa shape index (κ1) is 41.8. The zero-order valence-corrected chi connectivity index (χ0v) is 38.3. The molecule has 0 amide bonds. The smallest absolute Gasteiger partial charge is 0.0920 e. The maximum atomic E-state index is 4.93. The molecule has 1 aliphatic rings. The molecule has 1 heterocycles. The van der Waals surface area contributed by atoms with Crippen molar-refractivity contribution in [2.75, 3.05) is 0 Å². The summed E-state index contributed by atoms with van der Waals surface area (Å²) >= 11 is -0.826. The van der Waals surface area contributed by atoms with Crippen LogP contribution in [0.4, 0.5) is 0 Å². The number of benzene rings is 6. The number of hydrogen-bond donors (Lipinski definition) is 0. The minimum Gasteiger partial charge on any atom is -0.184 e. The number of fused-ring (bicyclic) bond motifs is 5. The van der Waals surface area contributed by atoms with Gasteiger partial charge < -0.3 is 0 Å². The second-order valence-corrected chi connectivity index (χ2v) is 19.6. The average Bonchev–Trinajstić information content (AvgIpc) is 3.90. The van der Waals surface area contributed by atoms with Gasteiger partial charge >= 0.3 is 37.9 Å². The fourth-order valence-corrected chi connectivity index (χ4v) is 9.29. The normalized spacial score (nSPS) is 11.1. The van der Waals surface area contributed by atoms with Crippen molar-refractivity contribution in [2.45, 2.75) is 67.2 Å². The molecule has 2 radical (unpaired) electrons. The van der Waals surface area contributed by atoms with E-state index >= 15 is 0 Å². The van der Waals surface area contributed by atoms with Crippen LogP contribution in [0.2, 0.25) is 0 Å². The van der Waals surface area contributed by atoms with E-state index in [2.05, 4.69) is 181 Å². The van der Waals surface area contributed by atoms with Crippen molar-refractivity contribution >= 4 is 58.5 Å². The zero-order chi connectivity index (χ0) is 39.6. The Labute approximate surface area is 356 Å². The summed E-state index contributed by atoms with van der Waals surface area (Å²) in [7, 11) is 10.7. The molecule has 0 nitrogen and oxygen atoms in total. The summed E-state index contributed by atoms with van der Waals surface area (Å²) in [5, 5.41) is 8.36. The first-order valence-corrected chi connectivity index (χ1v) is 26.9. The van der Waals surface area contributed by atoms with Crippen LogP contribution in [0.5, 0.6) is 0 Å². The predicted octanol–water partition coefficient (Wildman–Crippen LogP) is 14.1. The number of aryl methyl sites for hydroxylation is 6. The summed E-state index contributed by atoms with van der Waals surface area (Å²) in [6.45, 7) is 13.3. The molecule has 9 rings (SSSR count). The van der Waals surface area contributed by atoms with E-state index in [1.165, 1.54) is 112 Å². The molecule has 0 unspecified atom stereocenters. The maximum Gasteiger partial charge on any atom is 0.0920 e. The van der Waals surface area contributed by atoms with Crippen LogP contribution in [-0.2, 0) is 33.7 Å². The van der Waals surface area contributed by atoms with E-state index in [9.17, 15) is 0 Å². The van der Waals surface area contributed by atoms with E-state index in [1.54, 1.807) is 0 Å². The SMILES string of the molecule is CCCc1ccc2[cH-]c(C)cc2c1-c1ccccc1C.CCCc1ccc2[cH-]c(C)cc2c1-c1ccccc1C.[Cl][Zr][Cl].[c-]1cccc2c1[Si]c1ccccc1-2. The van der Waals surface area contributed by atoms with Gasteiger partial charge in [-0.2, -0.15) is 41.6 Å². The van der Waals surface area contributed by atoms with Crippen LogP contribution in [-0.4, -0.2) is 9.52 Å². The van der Waals surface area contributed by atoms with E-state index in [0.717, 1.165) is 22.4 Å². The Balaban J connectivity index is 0.000000140. The Hall–Kier alpha value is -3.78. The Bertz CT molecular complexity index is 2360. The Morgan fingerprint density at radius 2 is 1.00 bits per heavy atom. The van der Waals surface area contributed by atoms with Crippen molar-refractivity contribution in [3.8, 4) is 33.4 Å². The van der Waals surface area contributed by atoms with Crippen LogP contribution in [0, 0.1) is 33.8 Å². The standard InChI is InChI=1S/2C20H21.C12H7Si.2ClH.Zr/c2*1-4-7-16-10-11-17-12-14(2)13-19(17)20(16)18-9-6-5-8-15(18)3;1-3-7-11-9(5-1)10-6-2-4-8-12(10)13-11;;;/h2*5-6,8-13H,4,7H2,1-3H3;1-7H;2*1H;/q3*-1;;;+2/p-2. The van der Waals surface area contributed by atoms with Crippen LogP contribution < -0.4 is 10.4 Å². The summed E-state index contributed by atoms with van der Waals surface area (Å²) in [5.74, 6) is 0. The van der Waals surface area contributed by atoms with Gasteiger partial charge in [-0.05, 0) is 48.9 Å². The fourth-order valence-electron chi connectivity index (χ4n) is 7.98. The van der Waals surface area contributed by atoms with Gasteiger partial charge in [0, 0.05) is 0 Å². The third-order valence-electron chi connectivity index (χ3n) is 10.4. The molecular weight excluding hydrogens is 815 g/mol. The molecule has 0 N–H and O–H groups in total. The van der Waals surface area contributed by atoms with Gasteiger partial charge in [-0.3, -0.25) is 0 Å². The van der Waals surface area contributed by atoms with Gasteiger partial charge in [-0.1, -0.05) is 146 Å². The van der Waals surface area contributed by atoms with Gasteiger partial charge in [-0.15, -0.1) is 74.6 Å². The van der Waals surface area contributed by atoms with Crippen molar-refractivity contribution in [1.29, 1.82) is 0 Å². The first-order chi connectivity index (χ1) is 27.3. The third-order valence-corrected chi connectivity index (χ3v) is 11.8. The molecule has 1 aliphatic heterocycles. The van der Waals surface area contributed by atoms with E-state index in [4.69, 9.17) is 17.0 Å². The monoisotopic (exact) mass is 861 g/mol. The topological polar surface area (TPSA) is 0 Å². The molecule has 0 atom stereocenters. The Morgan fingerprint density at radius 1 is 0.554 bits per heavy atom. The van der Waals surface area contributed by atoms with Gasteiger partial charge in [0.15, 0.2) is 0 Å². The van der Waals surface area contributed by atoms with Crippen LogP contribution in [0.3, 0.4) is 0 Å². The second-order valence-electron chi connectivity index (χ2n) is 14.6. The molecule has 56 heavy (non-hydrogen) atoms. The van der Waals surface area contributed by atoms with Gasteiger partial charge in [0.1, 0.15) is 0 Å². The second kappa shape index (κ2) is 20.1. The molecular formula is C52H49Cl2SiZr-3. The van der Waals surface area contributed by atoms with Gasteiger partial charge in [0.25, 0.3) is 0 Å². The average molecular weight is 864 g/mol. The fraction of sp³-hybridized carbons (Fsp3) is 0.192. The molecule has 0 spiro atoms. The number of hydrogen-bond acceptors (Lipinski definition) is 0. The Kier molecular flexibility index (Phi) is 15.0. The van der Waals surface area contributed by atoms with Crippen molar-refractivity contribution in [1.82, 2.24) is 0 Å².